The molecule has 1 heterocycles. The topological polar surface area (TPSA) is 75.1 Å². The van der Waals surface area contributed by atoms with Crippen molar-refractivity contribution >= 4 is 29.1 Å². The average Bonchev–Trinajstić information content (AvgIpc) is 2.32. The van der Waals surface area contributed by atoms with Crippen LogP contribution in [0.15, 0.2) is 36.7 Å². The van der Waals surface area contributed by atoms with Gasteiger partial charge in [-0.15, -0.1) is 0 Å². The molecule has 1 aromatic heterocycles. The van der Waals surface area contributed by atoms with Gasteiger partial charge in [0.15, 0.2) is 5.69 Å². The Kier molecular flexibility index (Phi) is 3.20. The quantitative estimate of drug-likeness (QED) is 0.874. The van der Waals surface area contributed by atoms with Crippen molar-refractivity contribution in [1.29, 1.82) is 0 Å². The Hall–Kier alpha value is -2.14. The summed E-state index contributed by atoms with van der Waals surface area (Å²) in [6.07, 6.45) is 2.64. The lowest BCUT2D eigenvalue weighted by molar-refractivity contribution is 0.0690. The van der Waals surface area contributed by atoms with Crippen LogP contribution in [0.1, 0.15) is 10.5 Å². The SMILES string of the molecule is O=C(O)c1cncc(Nc2ccc(Cl)cc2)n1. The van der Waals surface area contributed by atoms with Crippen molar-refractivity contribution in [1.82, 2.24) is 9.97 Å². The Balaban J connectivity index is 2.21. The molecule has 17 heavy (non-hydrogen) atoms. The van der Waals surface area contributed by atoms with Crippen molar-refractivity contribution in [3.8, 4) is 0 Å². The molecule has 0 bridgehead atoms. The number of carboxylic acids is 1. The van der Waals surface area contributed by atoms with Crippen molar-refractivity contribution in [2.24, 2.45) is 0 Å². The summed E-state index contributed by atoms with van der Waals surface area (Å²) in [5, 5.41) is 12.3. The van der Waals surface area contributed by atoms with E-state index < -0.39 is 5.97 Å². The third-order valence-electron chi connectivity index (χ3n) is 1.97. The zero-order chi connectivity index (χ0) is 12.3. The van der Waals surface area contributed by atoms with Gasteiger partial charge in [-0.3, -0.25) is 4.98 Å². The minimum atomic E-state index is -1.11. The number of hydrogen-bond donors (Lipinski definition) is 2. The number of rotatable bonds is 3. The van der Waals surface area contributed by atoms with Gasteiger partial charge in [0.05, 0.1) is 12.4 Å². The number of aromatic nitrogens is 2. The lowest BCUT2D eigenvalue weighted by atomic mass is 10.3. The predicted molar refractivity (Wildman–Crippen MR) is 63.7 cm³/mol. The highest BCUT2D eigenvalue weighted by atomic mass is 35.5. The minimum absolute atomic E-state index is 0.107. The highest BCUT2D eigenvalue weighted by molar-refractivity contribution is 6.30. The summed E-state index contributed by atoms with van der Waals surface area (Å²) in [7, 11) is 0. The Labute approximate surface area is 102 Å². The molecule has 0 aliphatic heterocycles. The summed E-state index contributed by atoms with van der Waals surface area (Å²) in [6.45, 7) is 0. The number of hydrogen-bond acceptors (Lipinski definition) is 4. The van der Waals surface area contributed by atoms with Crippen LogP contribution in [0, 0.1) is 0 Å². The minimum Gasteiger partial charge on any atom is -0.476 e. The molecule has 0 aliphatic rings. The van der Waals surface area contributed by atoms with Crippen LogP contribution < -0.4 is 5.32 Å². The van der Waals surface area contributed by atoms with Crippen LogP contribution in [0.4, 0.5) is 11.5 Å². The molecule has 2 rings (SSSR count). The van der Waals surface area contributed by atoms with Crippen LogP contribution in [-0.4, -0.2) is 21.0 Å². The third-order valence-corrected chi connectivity index (χ3v) is 2.22. The van der Waals surface area contributed by atoms with E-state index in [1.54, 1.807) is 24.3 Å². The van der Waals surface area contributed by atoms with Gasteiger partial charge in [-0.2, -0.15) is 0 Å². The molecular formula is C11H8ClN3O2. The van der Waals surface area contributed by atoms with Gasteiger partial charge < -0.3 is 10.4 Å². The van der Waals surface area contributed by atoms with Gasteiger partial charge in [0.25, 0.3) is 0 Å². The molecule has 0 saturated heterocycles. The van der Waals surface area contributed by atoms with E-state index in [-0.39, 0.29) is 5.69 Å². The van der Waals surface area contributed by atoms with Crippen molar-refractivity contribution in [3.05, 3.63) is 47.4 Å². The second-order valence-electron chi connectivity index (χ2n) is 3.23. The Morgan fingerprint density at radius 1 is 1.24 bits per heavy atom. The first-order valence-electron chi connectivity index (χ1n) is 4.73. The Morgan fingerprint density at radius 3 is 2.59 bits per heavy atom. The van der Waals surface area contributed by atoms with Crippen LogP contribution in [-0.2, 0) is 0 Å². The fourth-order valence-electron chi connectivity index (χ4n) is 1.21. The molecule has 0 radical (unpaired) electrons. The monoisotopic (exact) mass is 249 g/mol. The molecule has 2 aromatic rings. The van der Waals surface area contributed by atoms with E-state index >= 15 is 0 Å². The summed E-state index contributed by atoms with van der Waals surface area (Å²) in [5.74, 6) is -0.746. The summed E-state index contributed by atoms with van der Waals surface area (Å²) < 4.78 is 0. The van der Waals surface area contributed by atoms with E-state index in [9.17, 15) is 4.79 Å². The smallest absolute Gasteiger partial charge is 0.356 e. The number of aromatic carboxylic acids is 1. The molecule has 0 spiro atoms. The summed E-state index contributed by atoms with van der Waals surface area (Å²) in [6, 6.07) is 6.96. The zero-order valence-electron chi connectivity index (χ0n) is 8.59. The molecule has 2 N–H and O–H groups in total. The lowest BCUT2D eigenvalue weighted by Gasteiger charge is -2.05. The number of carbonyl (C=O) groups is 1. The van der Waals surface area contributed by atoms with E-state index in [0.29, 0.717) is 10.8 Å². The van der Waals surface area contributed by atoms with Crippen molar-refractivity contribution < 1.29 is 9.90 Å². The molecule has 5 nitrogen and oxygen atoms in total. The van der Waals surface area contributed by atoms with Gasteiger partial charge in [-0.1, -0.05) is 11.6 Å². The fourth-order valence-corrected chi connectivity index (χ4v) is 1.34. The molecule has 0 atom stereocenters. The highest BCUT2D eigenvalue weighted by Crippen LogP contribution is 2.17. The number of nitrogens with zero attached hydrogens (tertiary/aromatic N) is 2. The second-order valence-corrected chi connectivity index (χ2v) is 3.66. The van der Waals surface area contributed by atoms with E-state index in [4.69, 9.17) is 16.7 Å². The van der Waals surface area contributed by atoms with Crippen LogP contribution in [0.2, 0.25) is 5.02 Å². The molecule has 1 aromatic carbocycles. The first kappa shape index (κ1) is 11.3. The van der Waals surface area contributed by atoms with Crippen molar-refractivity contribution in [3.63, 3.8) is 0 Å². The molecule has 0 amide bonds. The number of nitrogens with one attached hydrogen (secondary N) is 1. The van der Waals surface area contributed by atoms with E-state index in [2.05, 4.69) is 15.3 Å². The normalized spacial score (nSPS) is 9.94. The van der Waals surface area contributed by atoms with Crippen LogP contribution in [0.25, 0.3) is 0 Å². The lowest BCUT2D eigenvalue weighted by Crippen LogP contribution is -2.03. The summed E-state index contributed by atoms with van der Waals surface area (Å²) in [4.78, 5) is 18.4. The zero-order valence-corrected chi connectivity index (χ0v) is 9.35. The van der Waals surface area contributed by atoms with Crippen molar-refractivity contribution in [2.75, 3.05) is 5.32 Å². The van der Waals surface area contributed by atoms with Crippen molar-refractivity contribution in [2.45, 2.75) is 0 Å². The maximum atomic E-state index is 10.7. The van der Waals surface area contributed by atoms with Gasteiger partial charge in [0.2, 0.25) is 0 Å². The maximum Gasteiger partial charge on any atom is 0.356 e. The summed E-state index contributed by atoms with van der Waals surface area (Å²) >= 11 is 5.75. The Morgan fingerprint density at radius 2 is 1.94 bits per heavy atom. The predicted octanol–water partition coefficient (Wildman–Crippen LogP) is 2.57. The number of benzene rings is 1. The van der Waals surface area contributed by atoms with E-state index in [1.807, 2.05) is 0 Å². The van der Waals surface area contributed by atoms with E-state index in [1.165, 1.54) is 12.4 Å². The molecule has 0 fully saturated rings. The van der Waals surface area contributed by atoms with Crippen LogP contribution in [0.5, 0.6) is 0 Å². The van der Waals surface area contributed by atoms with Crippen LogP contribution in [0.3, 0.4) is 0 Å². The van der Waals surface area contributed by atoms with E-state index in [0.717, 1.165) is 5.69 Å². The largest absolute Gasteiger partial charge is 0.476 e. The molecular weight excluding hydrogens is 242 g/mol. The first-order valence-corrected chi connectivity index (χ1v) is 5.11. The molecule has 0 aliphatic carbocycles. The second kappa shape index (κ2) is 4.80. The summed E-state index contributed by atoms with van der Waals surface area (Å²) in [5.41, 5.74) is 0.648. The van der Waals surface area contributed by atoms with Gasteiger partial charge >= 0.3 is 5.97 Å². The maximum absolute atomic E-state index is 10.7. The van der Waals surface area contributed by atoms with Gasteiger partial charge in [-0.05, 0) is 24.3 Å². The first-order chi connectivity index (χ1) is 8.15. The molecule has 6 heteroatoms. The third kappa shape index (κ3) is 2.92. The Bertz CT molecular complexity index is 543. The molecule has 0 unspecified atom stereocenters. The van der Waals surface area contributed by atoms with Gasteiger partial charge in [0.1, 0.15) is 5.82 Å². The van der Waals surface area contributed by atoms with Crippen LogP contribution >= 0.6 is 11.6 Å². The number of carboxylic acid groups (broad SMARTS) is 1. The number of halogens is 1. The molecule has 0 saturated carbocycles. The van der Waals surface area contributed by atoms with Gasteiger partial charge in [0, 0.05) is 10.7 Å². The average molecular weight is 250 g/mol. The highest BCUT2D eigenvalue weighted by Gasteiger charge is 2.05. The standard InChI is InChI=1S/C11H8ClN3O2/c12-7-1-3-8(4-2-7)14-10-6-13-5-9(15-10)11(16)17/h1-6H,(H,14,15)(H,16,17). The number of anilines is 2. The van der Waals surface area contributed by atoms with Gasteiger partial charge in [-0.25, -0.2) is 9.78 Å². The molecule has 86 valence electrons. The fraction of sp³-hybridized carbons (Fsp3) is 0.